The molecule has 2 aromatic rings. The Hall–Kier alpha value is -2.57. The lowest BCUT2D eigenvalue weighted by Crippen LogP contribution is -2.33. The molecule has 0 aliphatic heterocycles. The van der Waals surface area contributed by atoms with Crippen LogP contribution in [0.15, 0.2) is 42.5 Å². The topological polar surface area (TPSA) is 38.3 Å². The van der Waals surface area contributed by atoms with E-state index in [0.29, 0.717) is 17.8 Å². The van der Waals surface area contributed by atoms with E-state index in [1.54, 1.807) is 12.1 Å². The van der Waals surface area contributed by atoms with E-state index >= 15 is 0 Å². The zero-order valence-corrected chi connectivity index (χ0v) is 16.8. The maximum Gasteiger partial charge on any atom is 0.308 e. The largest absolute Gasteiger partial charge is 0.427 e. The van der Waals surface area contributed by atoms with E-state index in [4.69, 9.17) is 4.74 Å². The number of benzene rings is 2. The standard InChI is InChI=1S/C25H27NO2/c1-17(27)28-21-11-6-18(7-12-21)4-5-19-8-13-22-23(16-19)25(2,3)15-14-24(22)26-20-9-10-20/h6-8,11-13,16,20,24,26H,9-10,14-15H2,1-3H3. The predicted octanol–water partition coefficient (Wildman–Crippen LogP) is 4.88. The van der Waals surface area contributed by atoms with Crippen LogP contribution in [0.4, 0.5) is 0 Å². The van der Waals surface area contributed by atoms with Crippen molar-refractivity contribution in [2.24, 2.45) is 0 Å². The molecule has 144 valence electrons. The third-order valence-corrected chi connectivity index (χ3v) is 5.70. The fraction of sp³-hybridized carbons (Fsp3) is 0.400. The average Bonchev–Trinajstić information content (AvgIpc) is 3.47. The average molecular weight is 373 g/mol. The van der Waals surface area contributed by atoms with Gasteiger partial charge in [-0.1, -0.05) is 31.8 Å². The summed E-state index contributed by atoms with van der Waals surface area (Å²) in [6, 6.07) is 15.2. The Bertz CT molecular complexity index is 943. The summed E-state index contributed by atoms with van der Waals surface area (Å²) in [4.78, 5) is 11.0. The number of carbonyl (C=O) groups excluding carboxylic acids is 1. The van der Waals surface area contributed by atoms with Crippen LogP contribution in [0.2, 0.25) is 0 Å². The van der Waals surface area contributed by atoms with Crippen molar-refractivity contribution in [2.45, 2.75) is 64.0 Å². The van der Waals surface area contributed by atoms with Crippen LogP contribution in [-0.4, -0.2) is 12.0 Å². The number of fused-ring (bicyclic) bond motifs is 1. The second kappa shape index (κ2) is 7.45. The van der Waals surface area contributed by atoms with Gasteiger partial charge in [0.15, 0.2) is 0 Å². The summed E-state index contributed by atoms with van der Waals surface area (Å²) >= 11 is 0. The Morgan fingerprint density at radius 3 is 2.39 bits per heavy atom. The van der Waals surface area contributed by atoms with Gasteiger partial charge in [0.05, 0.1) is 0 Å². The van der Waals surface area contributed by atoms with Crippen molar-refractivity contribution in [3.8, 4) is 17.6 Å². The molecule has 1 unspecified atom stereocenters. The van der Waals surface area contributed by atoms with E-state index < -0.39 is 0 Å². The van der Waals surface area contributed by atoms with Crippen LogP contribution in [-0.2, 0) is 10.2 Å². The minimum Gasteiger partial charge on any atom is -0.427 e. The van der Waals surface area contributed by atoms with Crippen molar-refractivity contribution in [3.05, 3.63) is 64.7 Å². The molecule has 0 amide bonds. The first-order chi connectivity index (χ1) is 13.4. The van der Waals surface area contributed by atoms with Crippen LogP contribution >= 0.6 is 0 Å². The number of hydrogen-bond donors (Lipinski definition) is 1. The van der Waals surface area contributed by atoms with E-state index in [9.17, 15) is 4.79 Å². The Morgan fingerprint density at radius 1 is 1.04 bits per heavy atom. The first kappa shape index (κ1) is 18.8. The van der Waals surface area contributed by atoms with E-state index in [1.165, 1.54) is 43.7 Å². The summed E-state index contributed by atoms with van der Waals surface area (Å²) in [6.45, 7) is 6.07. The molecular formula is C25H27NO2. The smallest absolute Gasteiger partial charge is 0.308 e. The maximum atomic E-state index is 11.0. The van der Waals surface area contributed by atoms with Gasteiger partial charge in [0, 0.05) is 30.1 Å². The van der Waals surface area contributed by atoms with Gasteiger partial charge in [-0.3, -0.25) is 4.79 Å². The lowest BCUT2D eigenvalue weighted by Gasteiger charge is -2.37. The third kappa shape index (κ3) is 4.29. The molecule has 0 heterocycles. The van der Waals surface area contributed by atoms with Crippen molar-refractivity contribution in [1.82, 2.24) is 5.32 Å². The molecular weight excluding hydrogens is 346 g/mol. The first-order valence-corrected chi connectivity index (χ1v) is 10.1. The minimum atomic E-state index is -0.315. The third-order valence-electron chi connectivity index (χ3n) is 5.70. The van der Waals surface area contributed by atoms with Gasteiger partial charge in [0.25, 0.3) is 0 Å². The van der Waals surface area contributed by atoms with Gasteiger partial charge in [0.1, 0.15) is 5.75 Å². The molecule has 3 nitrogen and oxygen atoms in total. The highest BCUT2D eigenvalue weighted by Crippen LogP contribution is 2.43. The molecule has 3 heteroatoms. The number of hydrogen-bond acceptors (Lipinski definition) is 3. The highest BCUT2D eigenvalue weighted by atomic mass is 16.5. The number of carbonyl (C=O) groups is 1. The quantitative estimate of drug-likeness (QED) is 0.474. The van der Waals surface area contributed by atoms with E-state index in [1.807, 2.05) is 12.1 Å². The molecule has 0 saturated heterocycles. The Labute approximate surface area is 167 Å². The van der Waals surface area contributed by atoms with Gasteiger partial charge in [-0.2, -0.15) is 0 Å². The van der Waals surface area contributed by atoms with Crippen LogP contribution in [0.25, 0.3) is 0 Å². The summed E-state index contributed by atoms with van der Waals surface area (Å²) in [5.41, 5.74) is 5.00. The molecule has 2 aromatic carbocycles. The van der Waals surface area contributed by atoms with Gasteiger partial charge in [-0.25, -0.2) is 0 Å². The van der Waals surface area contributed by atoms with Gasteiger partial charge in [0.2, 0.25) is 0 Å². The van der Waals surface area contributed by atoms with Crippen molar-refractivity contribution >= 4 is 5.97 Å². The van der Waals surface area contributed by atoms with Gasteiger partial charge in [-0.15, -0.1) is 0 Å². The highest BCUT2D eigenvalue weighted by Gasteiger charge is 2.35. The number of nitrogens with one attached hydrogen (secondary N) is 1. The first-order valence-electron chi connectivity index (χ1n) is 10.1. The van der Waals surface area contributed by atoms with E-state index in [0.717, 1.165) is 11.1 Å². The summed E-state index contributed by atoms with van der Waals surface area (Å²) in [5, 5.41) is 3.81. The van der Waals surface area contributed by atoms with E-state index in [2.05, 4.69) is 49.2 Å². The van der Waals surface area contributed by atoms with Crippen molar-refractivity contribution in [2.75, 3.05) is 0 Å². The van der Waals surface area contributed by atoms with Gasteiger partial charge < -0.3 is 10.1 Å². The Morgan fingerprint density at radius 2 is 1.71 bits per heavy atom. The molecule has 1 saturated carbocycles. The molecule has 2 aliphatic carbocycles. The Kier molecular flexibility index (Phi) is 5.00. The molecule has 4 rings (SSSR count). The second-order valence-electron chi connectivity index (χ2n) is 8.59. The number of rotatable bonds is 3. The summed E-state index contributed by atoms with van der Waals surface area (Å²) < 4.78 is 5.07. The molecule has 0 spiro atoms. The van der Waals surface area contributed by atoms with Gasteiger partial charge >= 0.3 is 5.97 Å². The summed E-state index contributed by atoms with van der Waals surface area (Å²) in [6.07, 6.45) is 5.03. The predicted molar refractivity (Wildman–Crippen MR) is 111 cm³/mol. The van der Waals surface area contributed by atoms with Crippen LogP contribution in [0, 0.1) is 11.8 Å². The van der Waals surface area contributed by atoms with Gasteiger partial charge in [-0.05, 0) is 78.6 Å². The van der Waals surface area contributed by atoms with Crippen LogP contribution < -0.4 is 10.1 Å². The summed E-state index contributed by atoms with van der Waals surface area (Å²) in [5.74, 6) is 6.75. The SMILES string of the molecule is CC(=O)Oc1ccc(C#Cc2ccc3c(c2)C(C)(C)CCC3NC2CC2)cc1. The normalized spacial score (nSPS) is 19.9. The highest BCUT2D eigenvalue weighted by molar-refractivity contribution is 5.69. The molecule has 28 heavy (non-hydrogen) atoms. The number of esters is 1. The molecule has 2 aliphatic rings. The zero-order valence-electron chi connectivity index (χ0n) is 16.8. The maximum absolute atomic E-state index is 11.0. The van der Waals surface area contributed by atoms with Crippen molar-refractivity contribution < 1.29 is 9.53 Å². The molecule has 0 bridgehead atoms. The van der Waals surface area contributed by atoms with Crippen molar-refractivity contribution in [1.29, 1.82) is 0 Å². The fourth-order valence-electron chi connectivity index (χ4n) is 3.94. The van der Waals surface area contributed by atoms with Crippen LogP contribution in [0.1, 0.15) is 74.8 Å². The Balaban J connectivity index is 1.56. The van der Waals surface area contributed by atoms with Crippen LogP contribution in [0.3, 0.4) is 0 Å². The lowest BCUT2D eigenvalue weighted by molar-refractivity contribution is -0.131. The lowest BCUT2D eigenvalue weighted by atomic mass is 9.70. The molecule has 1 N–H and O–H groups in total. The second-order valence-corrected chi connectivity index (χ2v) is 8.59. The van der Waals surface area contributed by atoms with Crippen molar-refractivity contribution in [3.63, 3.8) is 0 Å². The molecule has 0 radical (unpaired) electrons. The van der Waals surface area contributed by atoms with Crippen LogP contribution in [0.5, 0.6) is 5.75 Å². The minimum absolute atomic E-state index is 0.181. The monoisotopic (exact) mass is 373 g/mol. The summed E-state index contributed by atoms with van der Waals surface area (Å²) in [7, 11) is 0. The van der Waals surface area contributed by atoms with E-state index in [-0.39, 0.29) is 11.4 Å². The fourth-order valence-corrected chi connectivity index (χ4v) is 3.94. The zero-order chi connectivity index (χ0) is 19.7. The molecule has 0 aromatic heterocycles. The number of ether oxygens (including phenoxy) is 1. The molecule has 1 fully saturated rings. The molecule has 1 atom stereocenters.